The first-order valence-electron chi connectivity index (χ1n) is 5.13. The average Bonchev–Trinajstić information content (AvgIpc) is 2.61. The fraction of sp³-hybridized carbons (Fsp3) is 0.333. The third kappa shape index (κ3) is 2.21. The second-order valence-electron chi connectivity index (χ2n) is 3.87. The first kappa shape index (κ1) is 10.7. The smallest absolute Gasteiger partial charge is 0.310 e. The molecule has 2 atom stereocenters. The predicted molar refractivity (Wildman–Crippen MR) is 55.8 cm³/mol. The number of cyclic esters (lactones) is 1. The number of carboxylic acid groups (broad SMARTS) is 1. The number of carbonyl (C=O) groups excluding carboxylic acids is 1. The summed E-state index contributed by atoms with van der Waals surface area (Å²) in [4.78, 5) is 22.0. The van der Waals surface area contributed by atoms with E-state index in [0.717, 1.165) is 5.56 Å². The van der Waals surface area contributed by atoms with Crippen LogP contribution < -0.4 is 0 Å². The van der Waals surface area contributed by atoms with Gasteiger partial charge in [0.25, 0.3) is 0 Å². The molecule has 0 aromatic heterocycles. The number of ether oxygens (including phenoxy) is 1. The van der Waals surface area contributed by atoms with Crippen molar-refractivity contribution < 1.29 is 19.4 Å². The Labute approximate surface area is 92.8 Å². The Morgan fingerprint density at radius 3 is 2.69 bits per heavy atom. The van der Waals surface area contributed by atoms with Crippen molar-refractivity contribution in [3.63, 3.8) is 0 Å². The van der Waals surface area contributed by atoms with Crippen LogP contribution in [0.15, 0.2) is 30.3 Å². The van der Waals surface area contributed by atoms with E-state index < -0.39 is 24.0 Å². The lowest BCUT2D eigenvalue weighted by Gasteiger charge is -2.13. The summed E-state index contributed by atoms with van der Waals surface area (Å²) >= 11 is 0. The normalized spacial score (nSPS) is 24.1. The van der Waals surface area contributed by atoms with Gasteiger partial charge in [-0.3, -0.25) is 9.59 Å². The quantitative estimate of drug-likeness (QED) is 0.778. The van der Waals surface area contributed by atoms with Gasteiger partial charge in [0, 0.05) is 6.42 Å². The Hall–Kier alpha value is -1.84. The van der Waals surface area contributed by atoms with Crippen molar-refractivity contribution in [2.24, 2.45) is 5.92 Å². The molecule has 0 amide bonds. The van der Waals surface area contributed by atoms with E-state index in [1.54, 1.807) is 0 Å². The standard InChI is InChI=1S/C12H12O4/c13-11-7-9(12(14)15)10(16-11)6-8-4-2-1-3-5-8/h1-5,9-10H,6-7H2,(H,14,15)/t9-,10+/m0/s1. The topological polar surface area (TPSA) is 63.6 Å². The van der Waals surface area contributed by atoms with E-state index >= 15 is 0 Å². The summed E-state index contributed by atoms with van der Waals surface area (Å²) in [6, 6.07) is 9.43. The van der Waals surface area contributed by atoms with E-state index in [2.05, 4.69) is 0 Å². The average molecular weight is 220 g/mol. The number of hydrogen-bond donors (Lipinski definition) is 1. The Balaban J connectivity index is 2.09. The molecule has 1 aliphatic rings. The molecule has 4 heteroatoms. The van der Waals surface area contributed by atoms with Crippen LogP contribution in [0.1, 0.15) is 12.0 Å². The van der Waals surface area contributed by atoms with Crippen molar-refractivity contribution in [3.05, 3.63) is 35.9 Å². The molecule has 0 unspecified atom stereocenters. The summed E-state index contributed by atoms with van der Waals surface area (Å²) in [5.41, 5.74) is 0.980. The molecule has 1 saturated heterocycles. The fourth-order valence-corrected chi connectivity index (χ4v) is 1.89. The molecule has 16 heavy (non-hydrogen) atoms. The monoisotopic (exact) mass is 220 g/mol. The highest BCUT2D eigenvalue weighted by Gasteiger charge is 2.39. The molecule has 4 nitrogen and oxygen atoms in total. The van der Waals surface area contributed by atoms with E-state index in [1.165, 1.54) is 0 Å². The summed E-state index contributed by atoms with van der Waals surface area (Å²) in [5, 5.41) is 8.95. The van der Waals surface area contributed by atoms with Crippen LogP contribution in [0.25, 0.3) is 0 Å². The van der Waals surface area contributed by atoms with E-state index in [-0.39, 0.29) is 6.42 Å². The van der Waals surface area contributed by atoms with Crippen LogP contribution in [-0.2, 0) is 20.7 Å². The molecule has 1 fully saturated rings. The largest absolute Gasteiger partial charge is 0.481 e. The van der Waals surface area contributed by atoms with Gasteiger partial charge >= 0.3 is 11.9 Å². The number of carbonyl (C=O) groups is 2. The molecule has 0 spiro atoms. The van der Waals surface area contributed by atoms with E-state index in [9.17, 15) is 9.59 Å². The number of carboxylic acids is 1. The molecule has 1 aromatic carbocycles. The van der Waals surface area contributed by atoms with Crippen molar-refractivity contribution in [2.75, 3.05) is 0 Å². The molecule has 0 bridgehead atoms. The number of hydrogen-bond acceptors (Lipinski definition) is 3. The molecule has 0 saturated carbocycles. The highest BCUT2D eigenvalue weighted by atomic mass is 16.6. The second kappa shape index (κ2) is 4.35. The maximum Gasteiger partial charge on any atom is 0.310 e. The molecular weight excluding hydrogens is 208 g/mol. The summed E-state index contributed by atoms with van der Waals surface area (Å²) in [7, 11) is 0. The Kier molecular flexibility index (Phi) is 2.90. The minimum atomic E-state index is -0.966. The first-order chi connectivity index (χ1) is 7.66. The van der Waals surface area contributed by atoms with Crippen molar-refractivity contribution in [2.45, 2.75) is 18.9 Å². The van der Waals surface area contributed by atoms with Crippen molar-refractivity contribution in [1.82, 2.24) is 0 Å². The lowest BCUT2D eigenvalue weighted by atomic mass is 9.96. The molecular formula is C12H12O4. The summed E-state index contributed by atoms with van der Waals surface area (Å²) in [5.74, 6) is -2.10. The maximum atomic E-state index is 11.1. The van der Waals surface area contributed by atoms with Crippen LogP contribution in [0, 0.1) is 5.92 Å². The van der Waals surface area contributed by atoms with Gasteiger partial charge in [0.05, 0.1) is 6.42 Å². The maximum absolute atomic E-state index is 11.1. The molecule has 0 radical (unpaired) electrons. The van der Waals surface area contributed by atoms with Gasteiger partial charge in [0.2, 0.25) is 0 Å². The van der Waals surface area contributed by atoms with Crippen LogP contribution in [0.3, 0.4) is 0 Å². The molecule has 1 heterocycles. The van der Waals surface area contributed by atoms with Gasteiger partial charge in [0.15, 0.2) is 0 Å². The Morgan fingerprint density at radius 1 is 1.38 bits per heavy atom. The third-order valence-corrected chi connectivity index (χ3v) is 2.72. The van der Waals surface area contributed by atoms with Gasteiger partial charge in [0.1, 0.15) is 12.0 Å². The van der Waals surface area contributed by atoms with Gasteiger partial charge in [-0.05, 0) is 5.56 Å². The fourth-order valence-electron chi connectivity index (χ4n) is 1.89. The summed E-state index contributed by atoms with van der Waals surface area (Å²) in [6.45, 7) is 0. The number of aliphatic carboxylic acids is 1. The van der Waals surface area contributed by atoms with Crippen LogP contribution in [0.4, 0.5) is 0 Å². The lowest BCUT2D eigenvalue weighted by Crippen LogP contribution is -2.25. The Bertz CT molecular complexity index is 399. The van der Waals surface area contributed by atoms with Gasteiger partial charge in [-0.2, -0.15) is 0 Å². The molecule has 2 rings (SSSR count). The van der Waals surface area contributed by atoms with Crippen LogP contribution in [-0.4, -0.2) is 23.1 Å². The SMILES string of the molecule is O=C1C[C@H](C(=O)O)[C@@H](Cc2ccccc2)O1. The predicted octanol–water partition coefficient (Wildman–Crippen LogP) is 1.25. The minimum absolute atomic E-state index is 0.0210. The molecule has 0 aliphatic carbocycles. The number of rotatable bonds is 3. The van der Waals surface area contributed by atoms with Gasteiger partial charge < -0.3 is 9.84 Å². The number of esters is 1. The van der Waals surface area contributed by atoms with Crippen molar-refractivity contribution in [3.8, 4) is 0 Å². The zero-order chi connectivity index (χ0) is 11.5. The highest BCUT2D eigenvalue weighted by Crippen LogP contribution is 2.25. The zero-order valence-electron chi connectivity index (χ0n) is 8.63. The van der Waals surface area contributed by atoms with E-state index in [4.69, 9.17) is 9.84 Å². The van der Waals surface area contributed by atoms with Crippen LogP contribution in [0.2, 0.25) is 0 Å². The van der Waals surface area contributed by atoms with Gasteiger partial charge in [-0.1, -0.05) is 30.3 Å². The van der Waals surface area contributed by atoms with Crippen LogP contribution >= 0.6 is 0 Å². The zero-order valence-corrected chi connectivity index (χ0v) is 8.63. The first-order valence-corrected chi connectivity index (χ1v) is 5.13. The van der Waals surface area contributed by atoms with Crippen molar-refractivity contribution >= 4 is 11.9 Å². The van der Waals surface area contributed by atoms with Gasteiger partial charge in [-0.25, -0.2) is 0 Å². The highest BCUT2D eigenvalue weighted by molar-refractivity contribution is 5.82. The molecule has 1 N–H and O–H groups in total. The summed E-state index contributed by atoms with van der Waals surface area (Å²) in [6.07, 6.45) is -0.0940. The molecule has 1 aliphatic heterocycles. The van der Waals surface area contributed by atoms with Gasteiger partial charge in [-0.15, -0.1) is 0 Å². The van der Waals surface area contributed by atoms with E-state index in [0.29, 0.717) is 6.42 Å². The minimum Gasteiger partial charge on any atom is -0.481 e. The molecule has 1 aromatic rings. The Morgan fingerprint density at radius 2 is 2.06 bits per heavy atom. The van der Waals surface area contributed by atoms with Crippen molar-refractivity contribution in [1.29, 1.82) is 0 Å². The van der Waals surface area contributed by atoms with Crippen LogP contribution in [0.5, 0.6) is 0 Å². The summed E-state index contributed by atoms with van der Waals surface area (Å²) < 4.78 is 5.02. The second-order valence-corrected chi connectivity index (χ2v) is 3.87. The number of benzene rings is 1. The lowest BCUT2D eigenvalue weighted by molar-refractivity contribution is -0.144. The van der Waals surface area contributed by atoms with E-state index in [1.807, 2.05) is 30.3 Å². The molecule has 84 valence electrons. The third-order valence-electron chi connectivity index (χ3n) is 2.72.